The summed E-state index contributed by atoms with van der Waals surface area (Å²) >= 11 is 0. The van der Waals surface area contributed by atoms with E-state index < -0.39 is 5.09 Å². The molecule has 89 valence electrons. The molecule has 10 nitrogen and oxygen atoms in total. The molecule has 2 heterocycles. The first-order valence-corrected chi connectivity index (χ1v) is 3.72. The number of fused-ring (bicyclic) bond motifs is 1. The molecule has 2 rings (SSSR count). The summed E-state index contributed by atoms with van der Waals surface area (Å²) in [4.78, 5) is 27.2. The third kappa shape index (κ3) is 5.85. The minimum absolute atomic E-state index is 0. The first kappa shape index (κ1) is 18.5. The van der Waals surface area contributed by atoms with Gasteiger partial charge in [0.05, 0.1) is 5.09 Å². The number of aromatic amines is 1. The van der Waals surface area contributed by atoms with Crippen molar-refractivity contribution in [3.8, 4) is 0 Å². The Morgan fingerprint density at radius 1 is 1.47 bits per heavy atom. The zero-order valence-corrected chi connectivity index (χ0v) is 12.7. The van der Waals surface area contributed by atoms with Gasteiger partial charge in [0, 0.05) is 63.1 Å². The molecule has 11 heteroatoms. The second-order valence-electron chi connectivity index (χ2n) is 2.48. The van der Waals surface area contributed by atoms with Crippen LogP contribution < -0.4 is 11.7 Å². The molecule has 0 aromatic carbocycles. The number of rotatable bonds is 0. The van der Waals surface area contributed by atoms with Crippen LogP contribution in [0.2, 0.25) is 0 Å². The van der Waals surface area contributed by atoms with E-state index in [9.17, 15) is 4.79 Å². The van der Waals surface area contributed by atoms with E-state index in [2.05, 4.69) is 15.1 Å². The van der Waals surface area contributed by atoms with Crippen LogP contribution in [-0.4, -0.2) is 76.1 Å². The summed E-state index contributed by atoms with van der Waals surface area (Å²) in [6.45, 7) is 1.76. The summed E-state index contributed by atoms with van der Waals surface area (Å²) in [6.07, 6.45) is 1.43. The second kappa shape index (κ2) is 8.27. The van der Waals surface area contributed by atoms with E-state index in [-0.39, 0.29) is 63.1 Å². The Kier molecular flexibility index (Phi) is 9.00. The number of nitrogens with zero attached hydrogens (tertiary/aromatic N) is 4. The van der Waals surface area contributed by atoms with Crippen molar-refractivity contribution in [2.45, 2.75) is 6.92 Å². The van der Waals surface area contributed by atoms with Crippen molar-refractivity contribution < 1.29 is 5.09 Å². The topological polar surface area (TPSA) is 166 Å². The van der Waals surface area contributed by atoms with Gasteiger partial charge in [-0.15, -0.1) is 0 Å². The molecule has 0 atom stereocenters. The Balaban J connectivity index is 0. The van der Waals surface area contributed by atoms with Crippen LogP contribution in [0.3, 0.4) is 0 Å². The molecule has 0 saturated heterocycles. The average Bonchev–Trinajstić information content (AvgIpc) is 2.50. The monoisotopic (exact) mass is 269 g/mol. The first-order valence-electron chi connectivity index (χ1n) is 3.72. The molecule has 5 N–H and O–H groups in total. The molecule has 0 aliphatic rings. The smallest absolute Gasteiger partial charge is 0.274 e. The molecular weight excluding hydrogens is 259 g/mol. The predicted octanol–water partition coefficient (Wildman–Crippen LogP) is -0.518. The number of hydrogen-bond donors (Lipinski definition) is 2. The molecule has 2 aromatic rings. The van der Waals surface area contributed by atoms with Crippen molar-refractivity contribution in [1.29, 1.82) is 0 Å². The molecule has 2 aromatic heterocycles. The van der Waals surface area contributed by atoms with Gasteiger partial charge in [0.2, 0.25) is 0 Å². The van der Waals surface area contributed by atoms with Crippen LogP contribution in [0, 0.1) is 22.2 Å². The van der Waals surface area contributed by atoms with Crippen LogP contribution in [0.1, 0.15) is 5.69 Å². The minimum Gasteiger partial charge on any atom is -0.369 e. The van der Waals surface area contributed by atoms with Gasteiger partial charge < -0.3 is 21.5 Å². The summed E-state index contributed by atoms with van der Waals surface area (Å²) in [5.74, 6) is 0.412. The molecule has 17 heavy (non-hydrogen) atoms. The van der Waals surface area contributed by atoms with E-state index in [4.69, 9.17) is 15.3 Å². The largest absolute Gasteiger partial charge is 0.369 e. The molecule has 1 radical (unpaired) electrons. The maximum Gasteiger partial charge on any atom is 0.274 e. The number of aromatic nitrogens is 4. The van der Waals surface area contributed by atoms with Gasteiger partial charge in [-0.1, -0.05) is 0 Å². The number of H-pyrrole nitrogens is 1. The molecule has 0 unspecified atom stereocenters. The summed E-state index contributed by atoms with van der Waals surface area (Å²) < 4.78 is 1.28. The van der Waals surface area contributed by atoms with E-state index in [1.54, 1.807) is 6.92 Å². The first-order chi connectivity index (χ1) is 7.00. The summed E-state index contributed by atoms with van der Waals surface area (Å²) in [5, 5.41) is 17.4. The Morgan fingerprint density at radius 3 is 2.53 bits per heavy atom. The van der Waals surface area contributed by atoms with Crippen molar-refractivity contribution in [3.63, 3.8) is 0 Å². The third-order valence-corrected chi connectivity index (χ3v) is 1.40. The molecule has 0 aliphatic heterocycles. The van der Waals surface area contributed by atoms with Gasteiger partial charge in [0.1, 0.15) is 6.33 Å². The van der Waals surface area contributed by atoms with Crippen LogP contribution in [0.4, 0.5) is 0 Å². The molecule has 0 fully saturated rings. The maximum absolute atomic E-state index is 11.1. The Bertz CT molecular complexity index is 533. The Labute approximate surface area is 137 Å². The van der Waals surface area contributed by atoms with Crippen LogP contribution in [0.5, 0.6) is 0 Å². The van der Waals surface area contributed by atoms with Crippen LogP contribution in [0.15, 0.2) is 17.2 Å². The van der Waals surface area contributed by atoms with E-state index >= 15 is 0 Å². The van der Waals surface area contributed by atoms with Crippen molar-refractivity contribution in [2.24, 2.45) is 0 Å². The van der Waals surface area contributed by atoms with E-state index in [1.165, 1.54) is 16.9 Å². The van der Waals surface area contributed by atoms with Gasteiger partial charge in [-0.3, -0.25) is 9.89 Å². The van der Waals surface area contributed by atoms with Crippen molar-refractivity contribution >= 4 is 57.2 Å². The average molecular weight is 269 g/mol. The maximum atomic E-state index is 11.1. The van der Waals surface area contributed by atoms with Crippen LogP contribution in [-0.2, 0) is 0 Å². The zero-order chi connectivity index (χ0) is 11.4. The van der Waals surface area contributed by atoms with Crippen molar-refractivity contribution in [2.75, 3.05) is 0 Å². The molecule has 0 aliphatic carbocycles. The molecular formula is C6H10KN6O4. The minimum atomic E-state index is -1.75. The van der Waals surface area contributed by atoms with Crippen molar-refractivity contribution in [3.05, 3.63) is 43.8 Å². The Hall–Kier alpha value is -0.854. The van der Waals surface area contributed by atoms with E-state index in [0.29, 0.717) is 11.5 Å². The fraction of sp³-hybridized carbons (Fsp3) is 0.167. The summed E-state index contributed by atoms with van der Waals surface area (Å²) in [7, 11) is 0. The standard InChI is InChI=1S/C6H6N4O.K.NO3.H3N/c1-4-2-5(11)10-6(9-4)7-3-8-10;;2-1(3)4;/h2-3H,1H3,(H,7,8,9);;;1H3/q;;-1;/p+1. The van der Waals surface area contributed by atoms with Gasteiger partial charge in [-0.2, -0.15) is 4.52 Å². The van der Waals surface area contributed by atoms with Gasteiger partial charge in [-0.05, 0) is 6.92 Å². The molecule has 0 amide bonds. The van der Waals surface area contributed by atoms with E-state index in [0.717, 1.165) is 0 Å². The van der Waals surface area contributed by atoms with Gasteiger partial charge >= 0.3 is 0 Å². The van der Waals surface area contributed by atoms with E-state index in [1.807, 2.05) is 0 Å². The number of hydrogen-bond acceptors (Lipinski definition) is 6. The second-order valence-corrected chi connectivity index (χ2v) is 2.48. The quantitative estimate of drug-likeness (QED) is 0.371. The molecule has 0 saturated carbocycles. The predicted molar refractivity (Wildman–Crippen MR) is 60.4 cm³/mol. The van der Waals surface area contributed by atoms with Gasteiger partial charge in [0.15, 0.2) is 0 Å². The van der Waals surface area contributed by atoms with Crippen LogP contribution in [0.25, 0.3) is 5.78 Å². The van der Waals surface area contributed by atoms with Gasteiger partial charge in [0.25, 0.3) is 11.3 Å². The molecule has 0 spiro atoms. The molecule has 0 bridgehead atoms. The normalized spacial score (nSPS) is 8.29. The summed E-state index contributed by atoms with van der Waals surface area (Å²) in [5.41, 5.74) is 0.548. The van der Waals surface area contributed by atoms with Gasteiger partial charge in [-0.25, -0.2) is 9.97 Å². The zero-order valence-electron chi connectivity index (χ0n) is 9.58. The summed E-state index contributed by atoms with van der Waals surface area (Å²) in [6, 6.07) is 1.45. The number of quaternary nitrogens is 1. The number of aryl methyl sites for hydroxylation is 1. The van der Waals surface area contributed by atoms with Crippen LogP contribution >= 0.6 is 0 Å². The fourth-order valence-electron chi connectivity index (χ4n) is 0.934. The Morgan fingerprint density at radius 2 is 2.00 bits per heavy atom. The van der Waals surface area contributed by atoms with Crippen molar-refractivity contribution in [1.82, 2.24) is 25.7 Å². The third-order valence-electron chi connectivity index (χ3n) is 1.40. The number of nitrogens with one attached hydrogen (secondary N) is 1. The fourth-order valence-corrected chi connectivity index (χ4v) is 0.934. The SMILES string of the molecule is Cc1cc(=O)n2[nH]cnc2n1.O=[N+]([O-])[O-].[K].[NH4+].